The van der Waals surface area contributed by atoms with Gasteiger partial charge >= 0.3 is 0 Å². The Hall–Kier alpha value is -1.19. The number of nitrogens with two attached hydrogens (primary N) is 1. The van der Waals surface area contributed by atoms with Crippen LogP contribution in [0.25, 0.3) is 11.3 Å². The first kappa shape index (κ1) is 13.2. The van der Waals surface area contributed by atoms with Crippen LogP contribution in [-0.2, 0) is 6.42 Å². The molecule has 2 nitrogen and oxygen atoms in total. The fraction of sp³-hybridized carbons (Fsp3) is 0.400. The number of nitrogens with zero attached hydrogens (tertiary/aromatic N) is 1. The van der Waals surface area contributed by atoms with Crippen molar-refractivity contribution in [1.82, 2.24) is 4.98 Å². The summed E-state index contributed by atoms with van der Waals surface area (Å²) in [6.07, 6.45) is 1.98. The van der Waals surface area contributed by atoms with Gasteiger partial charge in [-0.3, -0.25) is 0 Å². The highest BCUT2D eigenvalue weighted by Crippen LogP contribution is 2.26. The quantitative estimate of drug-likeness (QED) is 0.910. The van der Waals surface area contributed by atoms with Crippen LogP contribution in [0.1, 0.15) is 29.5 Å². The molecule has 2 rings (SSSR count). The summed E-state index contributed by atoms with van der Waals surface area (Å²) in [7, 11) is 0. The first-order valence-corrected chi connectivity index (χ1v) is 7.22. The minimum atomic E-state index is 0.248. The van der Waals surface area contributed by atoms with Crippen molar-refractivity contribution in [1.29, 1.82) is 0 Å². The Labute approximate surface area is 113 Å². The zero-order chi connectivity index (χ0) is 13.1. The highest BCUT2D eigenvalue weighted by Gasteiger charge is 2.08. The predicted octanol–water partition coefficient (Wildman–Crippen LogP) is 3.71. The Balaban J connectivity index is 2.21. The van der Waals surface area contributed by atoms with Crippen molar-refractivity contribution < 1.29 is 0 Å². The number of aromatic nitrogens is 1. The summed E-state index contributed by atoms with van der Waals surface area (Å²) in [6.45, 7) is 6.29. The second-order valence-corrected chi connectivity index (χ2v) is 5.90. The molecule has 0 fully saturated rings. The molecule has 0 radical (unpaired) electrons. The molecule has 0 amide bonds. The van der Waals surface area contributed by atoms with Crippen molar-refractivity contribution in [2.75, 3.05) is 0 Å². The molecule has 2 aromatic rings. The van der Waals surface area contributed by atoms with Gasteiger partial charge < -0.3 is 5.73 Å². The van der Waals surface area contributed by atoms with Crippen molar-refractivity contribution in [3.8, 4) is 11.3 Å². The number of benzene rings is 1. The van der Waals surface area contributed by atoms with Gasteiger partial charge in [0.15, 0.2) is 0 Å². The third kappa shape index (κ3) is 3.18. The smallest absolute Gasteiger partial charge is 0.0933 e. The molecule has 18 heavy (non-hydrogen) atoms. The van der Waals surface area contributed by atoms with Gasteiger partial charge in [0.25, 0.3) is 0 Å². The van der Waals surface area contributed by atoms with E-state index < -0.39 is 0 Å². The van der Waals surface area contributed by atoms with Gasteiger partial charge in [-0.1, -0.05) is 17.7 Å². The SMILES string of the molecule is Cc1ccc(C)c(-c2csc(CCC(C)N)n2)c1. The van der Waals surface area contributed by atoms with Gasteiger partial charge in [-0.2, -0.15) is 0 Å². The second kappa shape index (κ2) is 5.63. The first-order chi connectivity index (χ1) is 8.56. The number of thiazole rings is 1. The Kier molecular flexibility index (Phi) is 4.15. The van der Waals surface area contributed by atoms with Crippen LogP contribution in [0.15, 0.2) is 23.6 Å². The predicted molar refractivity (Wildman–Crippen MR) is 79.0 cm³/mol. The monoisotopic (exact) mass is 260 g/mol. The Morgan fingerprint density at radius 1 is 1.33 bits per heavy atom. The number of aryl methyl sites for hydroxylation is 3. The largest absolute Gasteiger partial charge is 0.328 e. The maximum absolute atomic E-state index is 5.78. The normalized spacial score (nSPS) is 12.7. The third-order valence-corrected chi connectivity index (χ3v) is 3.94. The third-order valence-electron chi connectivity index (χ3n) is 3.03. The molecule has 1 aromatic carbocycles. The number of hydrogen-bond acceptors (Lipinski definition) is 3. The van der Waals surface area contributed by atoms with Crippen molar-refractivity contribution in [3.05, 3.63) is 39.7 Å². The van der Waals surface area contributed by atoms with E-state index in [0.717, 1.165) is 18.5 Å². The molecular weight excluding hydrogens is 240 g/mol. The van der Waals surface area contributed by atoms with Crippen molar-refractivity contribution in [2.45, 2.75) is 39.7 Å². The van der Waals surface area contributed by atoms with Crippen LogP contribution >= 0.6 is 11.3 Å². The molecule has 0 aliphatic heterocycles. The minimum absolute atomic E-state index is 0.248. The van der Waals surface area contributed by atoms with E-state index >= 15 is 0 Å². The summed E-state index contributed by atoms with van der Waals surface area (Å²) < 4.78 is 0. The molecule has 0 spiro atoms. The van der Waals surface area contributed by atoms with Crippen LogP contribution in [0.3, 0.4) is 0 Å². The molecule has 1 heterocycles. The van der Waals surface area contributed by atoms with Gasteiger partial charge in [0.2, 0.25) is 0 Å². The summed E-state index contributed by atoms with van der Waals surface area (Å²) in [5.41, 5.74) is 10.7. The summed E-state index contributed by atoms with van der Waals surface area (Å²) >= 11 is 1.73. The molecule has 0 aliphatic carbocycles. The molecule has 3 heteroatoms. The van der Waals surface area contributed by atoms with E-state index in [0.29, 0.717) is 0 Å². The zero-order valence-electron chi connectivity index (χ0n) is 11.2. The fourth-order valence-electron chi connectivity index (χ4n) is 1.91. The Bertz CT molecular complexity index is 529. The van der Waals surface area contributed by atoms with Gasteiger partial charge in [0, 0.05) is 23.4 Å². The van der Waals surface area contributed by atoms with Crippen LogP contribution in [0.2, 0.25) is 0 Å². The average Bonchev–Trinajstić information content (AvgIpc) is 2.78. The van der Waals surface area contributed by atoms with Gasteiger partial charge in [0.05, 0.1) is 10.7 Å². The van der Waals surface area contributed by atoms with Crippen LogP contribution in [-0.4, -0.2) is 11.0 Å². The van der Waals surface area contributed by atoms with E-state index in [9.17, 15) is 0 Å². The van der Waals surface area contributed by atoms with E-state index in [1.165, 1.54) is 21.7 Å². The summed E-state index contributed by atoms with van der Waals surface area (Å²) in [5.74, 6) is 0. The lowest BCUT2D eigenvalue weighted by atomic mass is 10.0. The Morgan fingerprint density at radius 3 is 2.83 bits per heavy atom. The second-order valence-electron chi connectivity index (χ2n) is 4.96. The number of hydrogen-bond donors (Lipinski definition) is 1. The summed E-state index contributed by atoms with van der Waals surface area (Å²) in [6, 6.07) is 6.76. The summed E-state index contributed by atoms with van der Waals surface area (Å²) in [4.78, 5) is 4.72. The topological polar surface area (TPSA) is 38.9 Å². The average molecular weight is 260 g/mol. The van der Waals surface area contributed by atoms with Crippen LogP contribution < -0.4 is 5.73 Å². The van der Waals surface area contributed by atoms with Crippen molar-refractivity contribution in [2.24, 2.45) is 5.73 Å². The minimum Gasteiger partial charge on any atom is -0.328 e. The molecule has 1 atom stereocenters. The van der Waals surface area contributed by atoms with E-state index in [4.69, 9.17) is 10.7 Å². The van der Waals surface area contributed by atoms with Gasteiger partial charge in [0.1, 0.15) is 0 Å². The van der Waals surface area contributed by atoms with E-state index in [1.807, 2.05) is 6.92 Å². The van der Waals surface area contributed by atoms with Crippen LogP contribution in [0.5, 0.6) is 0 Å². The number of rotatable bonds is 4. The fourth-order valence-corrected chi connectivity index (χ4v) is 2.73. The first-order valence-electron chi connectivity index (χ1n) is 6.34. The van der Waals surface area contributed by atoms with Crippen LogP contribution in [0, 0.1) is 13.8 Å². The summed E-state index contributed by atoms with van der Waals surface area (Å²) in [5, 5.41) is 3.33. The molecule has 0 saturated carbocycles. The van der Waals surface area contributed by atoms with E-state index in [2.05, 4.69) is 37.4 Å². The molecule has 2 N–H and O–H groups in total. The van der Waals surface area contributed by atoms with Crippen molar-refractivity contribution in [3.63, 3.8) is 0 Å². The molecule has 1 unspecified atom stereocenters. The molecule has 0 saturated heterocycles. The molecule has 0 aliphatic rings. The molecule has 96 valence electrons. The molecule has 0 bridgehead atoms. The lowest BCUT2D eigenvalue weighted by Crippen LogP contribution is -2.15. The highest BCUT2D eigenvalue weighted by molar-refractivity contribution is 7.09. The maximum Gasteiger partial charge on any atom is 0.0933 e. The molecular formula is C15H20N2S. The standard InChI is InChI=1S/C15H20N2S/c1-10-4-5-11(2)13(8-10)14-9-18-15(17-14)7-6-12(3)16/h4-5,8-9,12H,6-7,16H2,1-3H3. The maximum atomic E-state index is 5.78. The van der Waals surface area contributed by atoms with Crippen LogP contribution in [0.4, 0.5) is 0 Å². The van der Waals surface area contributed by atoms with Gasteiger partial charge in [-0.25, -0.2) is 4.98 Å². The zero-order valence-corrected chi connectivity index (χ0v) is 12.1. The lowest BCUT2D eigenvalue weighted by molar-refractivity contribution is 0.664. The van der Waals surface area contributed by atoms with E-state index in [1.54, 1.807) is 11.3 Å². The highest BCUT2D eigenvalue weighted by atomic mass is 32.1. The van der Waals surface area contributed by atoms with Crippen molar-refractivity contribution >= 4 is 11.3 Å². The van der Waals surface area contributed by atoms with Gasteiger partial charge in [-0.15, -0.1) is 11.3 Å². The molecule has 1 aromatic heterocycles. The van der Waals surface area contributed by atoms with E-state index in [-0.39, 0.29) is 6.04 Å². The Morgan fingerprint density at radius 2 is 2.11 bits per heavy atom. The lowest BCUT2D eigenvalue weighted by Gasteiger charge is -2.04. The van der Waals surface area contributed by atoms with Gasteiger partial charge in [-0.05, 0) is 38.8 Å².